The van der Waals surface area contributed by atoms with Crippen molar-refractivity contribution in [3.05, 3.63) is 64.1 Å². The average Bonchev–Trinajstić information content (AvgIpc) is 2.69. The zero-order chi connectivity index (χ0) is 20.1. The third kappa shape index (κ3) is 4.54. The molecule has 0 aromatic heterocycles. The lowest BCUT2D eigenvalue weighted by Gasteiger charge is -2.37. The Kier molecular flexibility index (Phi) is 6.36. The van der Waals surface area contributed by atoms with Gasteiger partial charge >= 0.3 is 6.03 Å². The van der Waals surface area contributed by atoms with Crippen LogP contribution in [0.1, 0.15) is 36.9 Å². The first-order valence-corrected chi connectivity index (χ1v) is 10.0. The minimum atomic E-state index is -0.606. The highest BCUT2D eigenvalue weighted by Crippen LogP contribution is 2.36. The average molecular weight is 446 g/mol. The molecule has 0 aliphatic carbocycles. The van der Waals surface area contributed by atoms with Crippen LogP contribution in [0.4, 0.5) is 10.5 Å². The summed E-state index contributed by atoms with van der Waals surface area (Å²) >= 11 is 3.46. The predicted molar refractivity (Wildman–Crippen MR) is 112 cm³/mol. The van der Waals surface area contributed by atoms with E-state index in [2.05, 4.69) is 26.6 Å². The molecule has 2 aromatic carbocycles. The van der Waals surface area contributed by atoms with Gasteiger partial charge in [-0.1, -0.05) is 40.2 Å². The van der Waals surface area contributed by atoms with E-state index in [-0.39, 0.29) is 11.9 Å². The molecular weight excluding hydrogens is 422 g/mol. The Bertz CT molecular complexity index is 831. The standard InChI is InChI=1S/C21H24BrN3O3/c1-14(15-2-8-18(9-3-15)25-20(23)27)24-19(26)21(10-12-28-13-11-21)16-4-6-17(22)7-5-16/h2-9,14H,10-13H2,1H3,(H,24,26)(H3,23,25,27). The molecule has 1 saturated heterocycles. The van der Waals surface area contributed by atoms with Crippen molar-refractivity contribution in [3.63, 3.8) is 0 Å². The zero-order valence-electron chi connectivity index (χ0n) is 15.7. The summed E-state index contributed by atoms with van der Waals surface area (Å²) < 4.78 is 6.50. The second kappa shape index (κ2) is 8.75. The largest absolute Gasteiger partial charge is 0.381 e. The molecule has 3 amide bonds. The highest BCUT2D eigenvalue weighted by atomic mass is 79.9. The first kappa shape index (κ1) is 20.4. The van der Waals surface area contributed by atoms with Crippen molar-refractivity contribution in [2.75, 3.05) is 18.5 Å². The van der Waals surface area contributed by atoms with Crippen LogP contribution in [0.2, 0.25) is 0 Å². The minimum Gasteiger partial charge on any atom is -0.381 e. The number of nitrogens with one attached hydrogen (secondary N) is 2. The van der Waals surface area contributed by atoms with Crippen molar-refractivity contribution in [1.82, 2.24) is 5.32 Å². The van der Waals surface area contributed by atoms with Gasteiger partial charge in [0.05, 0.1) is 11.5 Å². The molecule has 0 bridgehead atoms. The summed E-state index contributed by atoms with van der Waals surface area (Å²) in [6.45, 7) is 3.07. The third-order valence-corrected chi connectivity index (χ3v) is 5.73. The number of hydrogen-bond acceptors (Lipinski definition) is 3. The van der Waals surface area contributed by atoms with Gasteiger partial charge in [0.15, 0.2) is 0 Å². The number of nitrogens with two attached hydrogens (primary N) is 1. The van der Waals surface area contributed by atoms with Crippen LogP contribution in [-0.4, -0.2) is 25.2 Å². The lowest BCUT2D eigenvalue weighted by molar-refractivity contribution is -0.131. The fourth-order valence-electron chi connectivity index (χ4n) is 3.55. The van der Waals surface area contributed by atoms with Crippen molar-refractivity contribution in [1.29, 1.82) is 0 Å². The van der Waals surface area contributed by atoms with Gasteiger partial charge in [-0.25, -0.2) is 4.79 Å². The van der Waals surface area contributed by atoms with Gasteiger partial charge in [-0.2, -0.15) is 0 Å². The van der Waals surface area contributed by atoms with Crippen molar-refractivity contribution in [3.8, 4) is 0 Å². The lowest BCUT2D eigenvalue weighted by Crippen LogP contribution is -2.48. The van der Waals surface area contributed by atoms with E-state index in [9.17, 15) is 9.59 Å². The lowest BCUT2D eigenvalue weighted by atomic mass is 9.73. The van der Waals surface area contributed by atoms with Crippen molar-refractivity contribution in [2.45, 2.75) is 31.2 Å². The molecule has 0 radical (unpaired) electrons. The molecule has 0 saturated carbocycles. The number of halogens is 1. The molecule has 148 valence electrons. The Morgan fingerprint density at radius 2 is 1.68 bits per heavy atom. The van der Waals surface area contributed by atoms with E-state index in [1.165, 1.54) is 0 Å². The maximum Gasteiger partial charge on any atom is 0.316 e. The molecule has 1 unspecified atom stereocenters. The monoisotopic (exact) mass is 445 g/mol. The van der Waals surface area contributed by atoms with Crippen LogP contribution in [0.25, 0.3) is 0 Å². The van der Waals surface area contributed by atoms with E-state index >= 15 is 0 Å². The fourth-order valence-corrected chi connectivity index (χ4v) is 3.82. The number of benzene rings is 2. The smallest absolute Gasteiger partial charge is 0.316 e. The molecule has 4 N–H and O–H groups in total. The maximum atomic E-state index is 13.3. The molecule has 1 aliphatic rings. The quantitative estimate of drug-likeness (QED) is 0.651. The molecule has 1 fully saturated rings. The van der Waals surface area contributed by atoms with E-state index in [0.717, 1.165) is 15.6 Å². The molecule has 2 aromatic rings. The first-order valence-electron chi connectivity index (χ1n) is 9.22. The molecule has 1 aliphatic heterocycles. The number of primary amides is 1. The highest BCUT2D eigenvalue weighted by Gasteiger charge is 2.42. The maximum absolute atomic E-state index is 13.3. The van der Waals surface area contributed by atoms with E-state index < -0.39 is 11.4 Å². The van der Waals surface area contributed by atoms with Crippen LogP contribution >= 0.6 is 15.9 Å². The molecule has 0 spiro atoms. The number of urea groups is 1. The van der Waals surface area contributed by atoms with Gasteiger partial charge in [0.2, 0.25) is 5.91 Å². The van der Waals surface area contributed by atoms with Crippen LogP contribution in [0.5, 0.6) is 0 Å². The molecule has 7 heteroatoms. The minimum absolute atomic E-state index is 0.00459. The number of carbonyl (C=O) groups is 2. The normalized spacial score (nSPS) is 16.8. The zero-order valence-corrected chi connectivity index (χ0v) is 17.3. The highest BCUT2D eigenvalue weighted by molar-refractivity contribution is 9.10. The molecule has 28 heavy (non-hydrogen) atoms. The summed E-state index contributed by atoms with van der Waals surface area (Å²) in [5, 5.41) is 5.69. The molecule has 1 heterocycles. The second-order valence-electron chi connectivity index (χ2n) is 7.01. The summed E-state index contributed by atoms with van der Waals surface area (Å²) in [5.74, 6) is 0.00459. The van der Waals surface area contributed by atoms with E-state index in [0.29, 0.717) is 31.7 Å². The summed E-state index contributed by atoms with van der Waals surface area (Å²) in [6, 6.07) is 14.4. The van der Waals surface area contributed by atoms with E-state index in [4.69, 9.17) is 10.5 Å². The topological polar surface area (TPSA) is 93.4 Å². The Hall–Kier alpha value is -2.38. The fraction of sp³-hybridized carbons (Fsp3) is 0.333. The third-order valence-electron chi connectivity index (χ3n) is 5.20. The van der Waals surface area contributed by atoms with E-state index in [1.54, 1.807) is 12.1 Å². The van der Waals surface area contributed by atoms with Gasteiger partial charge in [0.25, 0.3) is 0 Å². The van der Waals surface area contributed by atoms with Gasteiger partial charge in [-0.05, 0) is 55.2 Å². The van der Waals surface area contributed by atoms with Crippen LogP contribution in [0.15, 0.2) is 53.0 Å². The number of amides is 3. The van der Waals surface area contributed by atoms with Gasteiger partial charge in [0.1, 0.15) is 0 Å². The summed E-state index contributed by atoms with van der Waals surface area (Å²) in [5.41, 5.74) is 7.10. The van der Waals surface area contributed by atoms with Crippen LogP contribution < -0.4 is 16.4 Å². The van der Waals surface area contributed by atoms with Crippen molar-refractivity contribution in [2.24, 2.45) is 5.73 Å². The number of carbonyl (C=O) groups excluding carboxylic acids is 2. The van der Waals surface area contributed by atoms with Gasteiger partial charge in [0, 0.05) is 23.4 Å². The number of anilines is 1. The van der Waals surface area contributed by atoms with Crippen LogP contribution in [0.3, 0.4) is 0 Å². The Labute approximate surface area is 173 Å². The first-order chi connectivity index (χ1) is 13.4. The molecule has 3 rings (SSSR count). The number of hydrogen-bond donors (Lipinski definition) is 3. The van der Waals surface area contributed by atoms with Gasteiger partial charge in [-0.3, -0.25) is 4.79 Å². The Balaban J connectivity index is 1.78. The Morgan fingerprint density at radius 1 is 1.07 bits per heavy atom. The molecule has 6 nitrogen and oxygen atoms in total. The van der Waals surface area contributed by atoms with Crippen molar-refractivity contribution >= 4 is 33.6 Å². The number of ether oxygens (including phenoxy) is 1. The van der Waals surface area contributed by atoms with E-state index in [1.807, 2.05) is 43.3 Å². The van der Waals surface area contributed by atoms with Gasteiger partial charge < -0.3 is 21.1 Å². The summed E-state index contributed by atoms with van der Waals surface area (Å²) in [6.07, 6.45) is 1.29. The summed E-state index contributed by atoms with van der Waals surface area (Å²) in [7, 11) is 0. The molecule has 1 atom stereocenters. The van der Waals surface area contributed by atoms with Crippen LogP contribution in [0, 0.1) is 0 Å². The SMILES string of the molecule is CC(NC(=O)C1(c2ccc(Br)cc2)CCOCC1)c1ccc(NC(N)=O)cc1. The number of rotatable bonds is 5. The Morgan fingerprint density at radius 3 is 2.25 bits per heavy atom. The summed E-state index contributed by atoms with van der Waals surface area (Å²) in [4.78, 5) is 24.3. The van der Waals surface area contributed by atoms with Gasteiger partial charge in [-0.15, -0.1) is 0 Å². The predicted octanol–water partition coefficient (Wildman–Crippen LogP) is 3.87. The second-order valence-corrected chi connectivity index (χ2v) is 7.92. The van der Waals surface area contributed by atoms with Crippen LogP contribution in [-0.2, 0) is 14.9 Å². The van der Waals surface area contributed by atoms with Crippen molar-refractivity contribution < 1.29 is 14.3 Å². The molecular formula is C21H24BrN3O3.